The Kier molecular flexibility index (Phi) is 6.25. The summed E-state index contributed by atoms with van der Waals surface area (Å²) in [4.78, 5) is 1.98. The smallest absolute Gasteiger partial charge is 0.419 e. The second kappa shape index (κ2) is 8.84. The van der Waals surface area contributed by atoms with Gasteiger partial charge in [-0.05, 0) is 50.4 Å². The normalized spacial score (nSPS) is 17.5. The van der Waals surface area contributed by atoms with Gasteiger partial charge in [0.1, 0.15) is 11.4 Å². The maximum Gasteiger partial charge on any atom is 0.419 e. The van der Waals surface area contributed by atoms with Crippen LogP contribution < -0.4 is 0 Å². The van der Waals surface area contributed by atoms with Gasteiger partial charge in [-0.25, -0.2) is 0 Å². The molecule has 3 nitrogen and oxygen atoms in total. The van der Waals surface area contributed by atoms with Crippen LogP contribution in [0.2, 0.25) is 0 Å². The Morgan fingerprint density at radius 2 is 1.42 bits per heavy atom. The predicted octanol–water partition coefficient (Wildman–Crippen LogP) is 5.93. The average Bonchev–Trinajstić information content (AvgIpc) is 3.23. The number of phenolic OH excluding ortho intramolecular Hbond substituents is 1. The van der Waals surface area contributed by atoms with Crippen molar-refractivity contribution in [3.05, 3.63) is 100 Å². The Bertz CT molecular complexity index is 1060. The molecule has 4 rings (SSSR count). The first kappa shape index (κ1) is 23.3. The number of rotatable bonds is 5. The molecule has 1 atom stereocenters. The highest BCUT2D eigenvalue weighted by molar-refractivity contribution is 5.43. The van der Waals surface area contributed by atoms with Crippen molar-refractivity contribution in [1.29, 1.82) is 0 Å². The first-order valence-electron chi connectivity index (χ1n) is 11.1. The fourth-order valence-electron chi connectivity index (χ4n) is 4.82. The second-order valence-corrected chi connectivity index (χ2v) is 8.94. The van der Waals surface area contributed by atoms with Crippen LogP contribution in [-0.4, -0.2) is 27.7 Å². The minimum absolute atomic E-state index is 0.112. The summed E-state index contributed by atoms with van der Waals surface area (Å²) in [6.07, 6.45) is -3.16. The number of halogens is 3. The van der Waals surface area contributed by atoms with Gasteiger partial charge < -0.3 is 10.2 Å². The van der Waals surface area contributed by atoms with E-state index in [-0.39, 0.29) is 18.2 Å². The van der Waals surface area contributed by atoms with Gasteiger partial charge in [0, 0.05) is 18.2 Å². The van der Waals surface area contributed by atoms with Gasteiger partial charge in [0.15, 0.2) is 0 Å². The average molecular weight is 456 g/mol. The first-order valence-corrected chi connectivity index (χ1v) is 11.1. The molecule has 1 heterocycles. The van der Waals surface area contributed by atoms with Gasteiger partial charge in [-0.2, -0.15) is 13.2 Å². The number of aliphatic hydroxyl groups is 1. The van der Waals surface area contributed by atoms with Crippen LogP contribution in [0.1, 0.15) is 46.2 Å². The fourth-order valence-corrected chi connectivity index (χ4v) is 4.82. The van der Waals surface area contributed by atoms with Crippen molar-refractivity contribution in [2.45, 2.75) is 51.1 Å². The van der Waals surface area contributed by atoms with Crippen LogP contribution in [0.15, 0.2) is 66.7 Å². The van der Waals surface area contributed by atoms with E-state index < -0.39 is 23.1 Å². The van der Waals surface area contributed by atoms with Crippen molar-refractivity contribution in [1.82, 2.24) is 4.90 Å². The molecule has 3 aromatic rings. The third-order valence-corrected chi connectivity index (χ3v) is 6.63. The Hall–Kier alpha value is -2.83. The van der Waals surface area contributed by atoms with Crippen molar-refractivity contribution >= 4 is 0 Å². The molecule has 6 heteroatoms. The van der Waals surface area contributed by atoms with E-state index in [0.29, 0.717) is 13.0 Å². The third-order valence-electron chi connectivity index (χ3n) is 6.63. The zero-order valence-electron chi connectivity index (χ0n) is 18.7. The molecule has 1 saturated heterocycles. The highest BCUT2D eigenvalue weighted by Gasteiger charge is 2.45. The Labute approximate surface area is 192 Å². The van der Waals surface area contributed by atoms with E-state index in [1.165, 1.54) is 12.1 Å². The van der Waals surface area contributed by atoms with Crippen molar-refractivity contribution < 1.29 is 23.4 Å². The van der Waals surface area contributed by atoms with Crippen molar-refractivity contribution in [3.63, 3.8) is 0 Å². The maximum absolute atomic E-state index is 13.3. The molecular weight excluding hydrogens is 427 g/mol. The molecule has 0 saturated carbocycles. The summed E-state index contributed by atoms with van der Waals surface area (Å²) < 4.78 is 39.9. The topological polar surface area (TPSA) is 43.7 Å². The second-order valence-electron chi connectivity index (χ2n) is 8.94. The van der Waals surface area contributed by atoms with E-state index in [4.69, 9.17) is 0 Å². The Morgan fingerprint density at radius 1 is 0.879 bits per heavy atom. The van der Waals surface area contributed by atoms with E-state index >= 15 is 0 Å². The molecule has 174 valence electrons. The summed E-state index contributed by atoms with van der Waals surface area (Å²) in [6.45, 7) is 4.68. The molecule has 3 aromatic carbocycles. The maximum atomic E-state index is 13.3. The zero-order valence-corrected chi connectivity index (χ0v) is 18.7. The predicted molar refractivity (Wildman–Crippen MR) is 122 cm³/mol. The number of likely N-dealkylation sites (tertiary alicyclic amines) is 1. The zero-order chi connectivity index (χ0) is 23.8. The third kappa shape index (κ3) is 4.50. The van der Waals surface area contributed by atoms with Gasteiger partial charge in [0.2, 0.25) is 0 Å². The molecule has 1 fully saturated rings. The summed E-state index contributed by atoms with van der Waals surface area (Å²) in [5.41, 5.74) is 1.43. The lowest BCUT2D eigenvalue weighted by Crippen LogP contribution is -2.48. The Morgan fingerprint density at radius 3 is 1.94 bits per heavy atom. The van der Waals surface area contributed by atoms with Crippen molar-refractivity contribution in [3.8, 4) is 5.75 Å². The SMILES string of the molecule is Cc1ccc(C(O)(c2ccc(C)cc2)C2CCCN2Cc2cccc(C(F)(F)F)c2O)cc1. The monoisotopic (exact) mass is 455 g/mol. The molecule has 0 aromatic heterocycles. The van der Waals surface area contributed by atoms with E-state index in [2.05, 4.69) is 0 Å². The van der Waals surface area contributed by atoms with Gasteiger partial charge in [-0.1, -0.05) is 71.8 Å². The van der Waals surface area contributed by atoms with E-state index in [1.54, 1.807) is 0 Å². The van der Waals surface area contributed by atoms with Gasteiger partial charge >= 0.3 is 6.18 Å². The fraction of sp³-hybridized carbons (Fsp3) is 0.333. The van der Waals surface area contributed by atoms with Gasteiger partial charge in [-0.15, -0.1) is 0 Å². The largest absolute Gasteiger partial charge is 0.507 e. The standard InChI is InChI=1S/C27H28F3NO2/c1-18-8-12-21(13-9-18)26(33,22-14-10-19(2)11-15-22)24-7-4-16-31(24)17-20-5-3-6-23(25(20)32)27(28,29)30/h3,5-6,8-15,24,32-33H,4,7,16-17H2,1-2H3. The molecular formula is C27H28F3NO2. The van der Waals surface area contributed by atoms with Crippen LogP contribution in [0.5, 0.6) is 5.75 Å². The number of phenols is 1. The van der Waals surface area contributed by atoms with Gasteiger partial charge in [0.05, 0.1) is 5.56 Å². The number of hydrogen-bond acceptors (Lipinski definition) is 3. The summed E-state index contributed by atoms with van der Waals surface area (Å²) in [6, 6.07) is 18.8. The van der Waals surface area contributed by atoms with Crippen LogP contribution >= 0.6 is 0 Å². The van der Waals surface area contributed by atoms with E-state index in [9.17, 15) is 23.4 Å². The lowest BCUT2D eigenvalue weighted by Gasteiger charge is -2.40. The van der Waals surface area contributed by atoms with E-state index in [1.807, 2.05) is 67.3 Å². The Balaban J connectivity index is 1.75. The quantitative estimate of drug-likeness (QED) is 0.501. The van der Waals surface area contributed by atoms with E-state index in [0.717, 1.165) is 34.7 Å². The molecule has 2 N–H and O–H groups in total. The summed E-state index contributed by atoms with van der Waals surface area (Å²) in [5.74, 6) is -0.745. The highest BCUT2D eigenvalue weighted by Crippen LogP contribution is 2.43. The molecule has 0 aliphatic carbocycles. The number of para-hydroxylation sites is 1. The number of alkyl halides is 3. The number of nitrogens with zero attached hydrogens (tertiary/aromatic N) is 1. The minimum Gasteiger partial charge on any atom is -0.507 e. The van der Waals surface area contributed by atoms with Crippen molar-refractivity contribution in [2.24, 2.45) is 0 Å². The molecule has 0 spiro atoms. The molecule has 1 aliphatic rings. The van der Waals surface area contributed by atoms with Crippen LogP contribution in [0.3, 0.4) is 0 Å². The summed E-state index contributed by atoms with van der Waals surface area (Å²) in [5, 5.41) is 22.6. The molecule has 0 bridgehead atoms. The van der Waals surface area contributed by atoms with Gasteiger partial charge in [-0.3, -0.25) is 4.90 Å². The summed E-state index contributed by atoms with van der Waals surface area (Å²) in [7, 11) is 0. The number of benzene rings is 3. The molecule has 1 aliphatic heterocycles. The van der Waals surface area contributed by atoms with Crippen LogP contribution in [0.25, 0.3) is 0 Å². The lowest BCUT2D eigenvalue weighted by atomic mass is 9.78. The van der Waals surface area contributed by atoms with Crippen LogP contribution in [0, 0.1) is 13.8 Å². The molecule has 33 heavy (non-hydrogen) atoms. The lowest BCUT2D eigenvalue weighted by molar-refractivity contribution is -0.138. The van der Waals surface area contributed by atoms with Crippen LogP contribution in [0.4, 0.5) is 13.2 Å². The molecule has 0 amide bonds. The molecule has 0 radical (unpaired) electrons. The van der Waals surface area contributed by atoms with Crippen LogP contribution in [-0.2, 0) is 18.3 Å². The number of aromatic hydroxyl groups is 1. The number of hydrogen-bond donors (Lipinski definition) is 2. The minimum atomic E-state index is -4.63. The number of aryl methyl sites for hydroxylation is 2. The van der Waals surface area contributed by atoms with Gasteiger partial charge in [0.25, 0.3) is 0 Å². The molecule has 1 unspecified atom stereocenters. The van der Waals surface area contributed by atoms with Crippen molar-refractivity contribution in [2.75, 3.05) is 6.54 Å². The summed E-state index contributed by atoms with van der Waals surface area (Å²) >= 11 is 0. The first-order chi connectivity index (χ1) is 15.6. The highest BCUT2D eigenvalue weighted by atomic mass is 19.4.